The van der Waals surface area contributed by atoms with Crippen molar-refractivity contribution in [2.24, 2.45) is 0 Å². The van der Waals surface area contributed by atoms with Gasteiger partial charge in [-0.05, 0) is 24.3 Å². The van der Waals surface area contributed by atoms with Gasteiger partial charge in [-0.25, -0.2) is 14.2 Å². The van der Waals surface area contributed by atoms with Crippen LogP contribution in [0.4, 0.5) is 4.39 Å². The molecule has 0 saturated heterocycles. The van der Waals surface area contributed by atoms with Crippen molar-refractivity contribution in [3.63, 3.8) is 0 Å². The number of aromatic carboxylic acids is 1. The predicted molar refractivity (Wildman–Crippen MR) is 85.1 cm³/mol. The SMILES string of the molecule is O=C(O)c1cc(-c2ccccc2F)nc2cc3c(cc12)OCCO3. The molecule has 2 aromatic carbocycles. The topological polar surface area (TPSA) is 68.7 Å². The fraction of sp³-hybridized carbons (Fsp3) is 0.111. The molecule has 24 heavy (non-hydrogen) atoms. The highest BCUT2D eigenvalue weighted by Gasteiger charge is 2.19. The molecule has 0 fully saturated rings. The maximum atomic E-state index is 14.0. The minimum Gasteiger partial charge on any atom is -0.486 e. The molecule has 0 amide bonds. The third kappa shape index (κ3) is 2.32. The number of fused-ring (bicyclic) bond motifs is 2. The van der Waals surface area contributed by atoms with Crippen LogP contribution >= 0.6 is 0 Å². The number of carbonyl (C=O) groups is 1. The van der Waals surface area contributed by atoms with Gasteiger partial charge in [-0.3, -0.25) is 0 Å². The number of pyridine rings is 1. The number of benzene rings is 2. The van der Waals surface area contributed by atoms with Gasteiger partial charge in [0.05, 0.1) is 16.8 Å². The Labute approximate surface area is 136 Å². The molecule has 6 heteroatoms. The quantitative estimate of drug-likeness (QED) is 0.781. The van der Waals surface area contributed by atoms with Crippen LogP contribution in [0.5, 0.6) is 11.5 Å². The van der Waals surface area contributed by atoms with Gasteiger partial charge in [-0.2, -0.15) is 0 Å². The fourth-order valence-electron chi connectivity index (χ4n) is 2.75. The van der Waals surface area contributed by atoms with E-state index in [1.54, 1.807) is 30.3 Å². The maximum Gasteiger partial charge on any atom is 0.336 e. The fourth-order valence-corrected chi connectivity index (χ4v) is 2.75. The summed E-state index contributed by atoms with van der Waals surface area (Å²) >= 11 is 0. The summed E-state index contributed by atoms with van der Waals surface area (Å²) in [5.74, 6) is -0.588. The van der Waals surface area contributed by atoms with E-state index < -0.39 is 11.8 Å². The van der Waals surface area contributed by atoms with Gasteiger partial charge in [0.2, 0.25) is 0 Å². The monoisotopic (exact) mass is 325 g/mol. The zero-order valence-corrected chi connectivity index (χ0v) is 12.5. The lowest BCUT2D eigenvalue weighted by molar-refractivity contribution is 0.0699. The highest BCUT2D eigenvalue weighted by atomic mass is 19.1. The third-order valence-corrected chi connectivity index (χ3v) is 3.85. The highest BCUT2D eigenvalue weighted by Crippen LogP contribution is 2.36. The summed E-state index contributed by atoms with van der Waals surface area (Å²) < 4.78 is 25.1. The second kappa shape index (κ2) is 5.49. The first-order valence-corrected chi connectivity index (χ1v) is 7.36. The van der Waals surface area contributed by atoms with Crippen LogP contribution < -0.4 is 9.47 Å². The normalized spacial score (nSPS) is 13.0. The second-order valence-corrected chi connectivity index (χ2v) is 5.35. The molecule has 0 saturated carbocycles. The van der Waals surface area contributed by atoms with E-state index in [0.29, 0.717) is 35.6 Å². The molecule has 3 aromatic rings. The average Bonchev–Trinajstić information content (AvgIpc) is 2.59. The number of hydrogen-bond donors (Lipinski definition) is 1. The van der Waals surface area contributed by atoms with E-state index >= 15 is 0 Å². The maximum absolute atomic E-state index is 14.0. The highest BCUT2D eigenvalue weighted by molar-refractivity contribution is 6.04. The molecule has 0 aliphatic carbocycles. The standard InChI is InChI=1S/C18H12FNO4/c19-13-4-2-1-3-10(13)14-7-12(18(21)22)11-8-16-17(9-15(11)20-14)24-6-5-23-16/h1-4,7-9H,5-6H2,(H,21,22). The minimum absolute atomic E-state index is 0.0372. The van der Waals surface area contributed by atoms with Crippen LogP contribution in [0, 0.1) is 5.82 Å². The first kappa shape index (κ1) is 14.4. The Balaban J connectivity index is 2.01. The van der Waals surface area contributed by atoms with Crippen molar-refractivity contribution in [2.45, 2.75) is 0 Å². The number of carboxylic acid groups (broad SMARTS) is 1. The number of aromatic nitrogens is 1. The third-order valence-electron chi connectivity index (χ3n) is 3.85. The van der Waals surface area contributed by atoms with Crippen molar-refractivity contribution < 1.29 is 23.8 Å². The Kier molecular flexibility index (Phi) is 3.30. The van der Waals surface area contributed by atoms with E-state index in [2.05, 4.69) is 4.98 Å². The first-order valence-electron chi connectivity index (χ1n) is 7.36. The molecule has 1 aliphatic heterocycles. The number of hydrogen-bond acceptors (Lipinski definition) is 4. The smallest absolute Gasteiger partial charge is 0.336 e. The summed E-state index contributed by atoms with van der Waals surface area (Å²) in [6, 6.07) is 10.7. The lowest BCUT2D eigenvalue weighted by Crippen LogP contribution is -2.15. The molecule has 1 N–H and O–H groups in total. The zero-order valence-electron chi connectivity index (χ0n) is 12.5. The second-order valence-electron chi connectivity index (χ2n) is 5.35. The molecule has 5 nitrogen and oxygen atoms in total. The lowest BCUT2D eigenvalue weighted by Gasteiger charge is -2.19. The van der Waals surface area contributed by atoms with Crippen molar-refractivity contribution in [2.75, 3.05) is 13.2 Å². The van der Waals surface area contributed by atoms with Gasteiger partial charge < -0.3 is 14.6 Å². The Morgan fingerprint density at radius 1 is 1.08 bits per heavy atom. The molecule has 0 spiro atoms. The minimum atomic E-state index is -1.11. The van der Waals surface area contributed by atoms with Crippen LogP contribution in [0.3, 0.4) is 0 Å². The van der Waals surface area contributed by atoms with Crippen LogP contribution in [-0.2, 0) is 0 Å². The van der Waals surface area contributed by atoms with Crippen molar-refractivity contribution in [1.29, 1.82) is 0 Å². The summed E-state index contributed by atoms with van der Waals surface area (Å²) in [4.78, 5) is 16.1. The van der Waals surface area contributed by atoms with E-state index in [1.807, 2.05) is 0 Å². The average molecular weight is 325 g/mol. The van der Waals surface area contributed by atoms with E-state index in [0.717, 1.165) is 0 Å². The Morgan fingerprint density at radius 2 is 1.79 bits per heavy atom. The Morgan fingerprint density at radius 3 is 2.50 bits per heavy atom. The van der Waals surface area contributed by atoms with Gasteiger partial charge >= 0.3 is 5.97 Å². The van der Waals surface area contributed by atoms with Gasteiger partial charge in [-0.1, -0.05) is 12.1 Å². The largest absolute Gasteiger partial charge is 0.486 e. The van der Waals surface area contributed by atoms with E-state index in [4.69, 9.17) is 9.47 Å². The predicted octanol–water partition coefficient (Wildman–Crippen LogP) is 3.51. The van der Waals surface area contributed by atoms with E-state index in [-0.39, 0.29) is 16.8 Å². The van der Waals surface area contributed by atoms with Gasteiger partial charge in [-0.15, -0.1) is 0 Å². The number of carboxylic acids is 1. The van der Waals surface area contributed by atoms with Crippen LogP contribution in [0.25, 0.3) is 22.2 Å². The molecule has 2 heterocycles. The van der Waals surface area contributed by atoms with Gasteiger partial charge in [0, 0.05) is 17.0 Å². The lowest BCUT2D eigenvalue weighted by atomic mass is 10.0. The van der Waals surface area contributed by atoms with Crippen molar-refractivity contribution in [1.82, 2.24) is 4.98 Å². The van der Waals surface area contributed by atoms with Gasteiger partial charge in [0.15, 0.2) is 11.5 Å². The van der Waals surface area contributed by atoms with Crippen molar-refractivity contribution in [3.8, 4) is 22.8 Å². The van der Waals surface area contributed by atoms with Crippen LogP contribution in [0.2, 0.25) is 0 Å². The molecule has 0 bridgehead atoms. The van der Waals surface area contributed by atoms with Gasteiger partial charge in [0.1, 0.15) is 19.0 Å². The number of halogens is 1. The Hall–Kier alpha value is -3.15. The van der Waals surface area contributed by atoms with E-state index in [1.165, 1.54) is 12.1 Å². The zero-order chi connectivity index (χ0) is 16.7. The molecule has 120 valence electrons. The van der Waals surface area contributed by atoms with Crippen molar-refractivity contribution >= 4 is 16.9 Å². The summed E-state index contributed by atoms with van der Waals surface area (Å²) in [5.41, 5.74) is 0.957. The molecular weight excluding hydrogens is 313 g/mol. The first-order chi connectivity index (χ1) is 11.6. The number of ether oxygens (including phenoxy) is 2. The molecule has 1 aromatic heterocycles. The molecule has 0 unspecified atom stereocenters. The molecule has 0 atom stereocenters. The molecular formula is C18H12FNO4. The van der Waals surface area contributed by atoms with Gasteiger partial charge in [0.25, 0.3) is 0 Å². The summed E-state index contributed by atoms with van der Waals surface area (Å²) in [6.45, 7) is 0.818. The molecule has 4 rings (SSSR count). The van der Waals surface area contributed by atoms with Crippen LogP contribution in [-0.4, -0.2) is 29.3 Å². The summed E-state index contributed by atoms with van der Waals surface area (Å²) in [7, 11) is 0. The summed E-state index contributed by atoms with van der Waals surface area (Å²) in [5, 5.41) is 9.96. The molecule has 1 aliphatic rings. The molecule has 0 radical (unpaired) electrons. The summed E-state index contributed by atoms with van der Waals surface area (Å²) in [6.07, 6.45) is 0. The number of rotatable bonds is 2. The van der Waals surface area contributed by atoms with E-state index in [9.17, 15) is 14.3 Å². The van der Waals surface area contributed by atoms with Crippen LogP contribution in [0.1, 0.15) is 10.4 Å². The van der Waals surface area contributed by atoms with Crippen LogP contribution in [0.15, 0.2) is 42.5 Å². The van der Waals surface area contributed by atoms with Crippen molar-refractivity contribution in [3.05, 3.63) is 53.8 Å². The Bertz CT molecular complexity index is 971. The number of nitrogens with zero attached hydrogens (tertiary/aromatic N) is 1.